The predicted octanol–water partition coefficient (Wildman–Crippen LogP) is 6.16. The summed E-state index contributed by atoms with van der Waals surface area (Å²) in [5.74, 6) is 0.703. The first-order chi connectivity index (χ1) is 14.7. The summed E-state index contributed by atoms with van der Waals surface area (Å²) in [7, 11) is 0. The maximum absolute atomic E-state index is 12.5. The molecular formula is C26H27BrN2O. The summed E-state index contributed by atoms with van der Waals surface area (Å²) < 4.78 is 0.947. The van der Waals surface area contributed by atoms with Gasteiger partial charge >= 0.3 is 0 Å². The molecule has 0 aromatic heterocycles. The lowest BCUT2D eigenvalue weighted by Crippen LogP contribution is -2.33. The largest absolute Gasteiger partial charge is 0.322 e. The fraction of sp³-hybridized carbons (Fsp3) is 0.269. The summed E-state index contributed by atoms with van der Waals surface area (Å²) in [6, 6.07) is 26.4. The summed E-state index contributed by atoms with van der Waals surface area (Å²) in [5.41, 5.74) is 4.18. The van der Waals surface area contributed by atoms with E-state index in [1.165, 1.54) is 30.4 Å². The van der Waals surface area contributed by atoms with E-state index in [9.17, 15) is 4.79 Å². The van der Waals surface area contributed by atoms with E-state index in [1.54, 1.807) is 0 Å². The molecule has 3 aromatic carbocycles. The molecule has 3 aromatic rings. The van der Waals surface area contributed by atoms with E-state index < -0.39 is 0 Å². The SMILES string of the molecule is O=C(Nc1cccc(Br)c1)c1ccc(CN2CCC(Cc3ccccc3)CC2)cc1. The number of benzene rings is 3. The van der Waals surface area contributed by atoms with Gasteiger partial charge in [-0.05, 0) is 79.7 Å². The van der Waals surface area contributed by atoms with Gasteiger partial charge in [-0.3, -0.25) is 9.69 Å². The van der Waals surface area contributed by atoms with Crippen LogP contribution in [-0.2, 0) is 13.0 Å². The van der Waals surface area contributed by atoms with Crippen molar-refractivity contribution in [3.05, 3.63) is 100 Å². The Hall–Kier alpha value is -2.43. The van der Waals surface area contributed by atoms with Crippen LogP contribution in [0.1, 0.15) is 34.3 Å². The lowest BCUT2D eigenvalue weighted by Gasteiger charge is -2.32. The minimum Gasteiger partial charge on any atom is -0.322 e. The normalized spacial score (nSPS) is 15.1. The molecule has 0 radical (unpaired) electrons. The Labute approximate surface area is 187 Å². The average Bonchev–Trinajstić information content (AvgIpc) is 2.76. The Morgan fingerprint density at radius 2 is 1.63 bits per heavy atom. The molecule has 4 rings (SSSR count). The van der Waals surface area contributed by atoms with Gasteiger partial charge < -0.3 is 5.32 Å². The van der Waals surface area contributed by atoms with Crippen LogP contribution in [0.15, 0.2) is 83.3 Å². The second kappa shape index (κ2) is 10.1. The standard InChI is InChI=1S/C26H27BrN2O/c27-24-7-4-8-25(18-24)28-26(30)23-11-9-22(10-12-23)19-29-15-13-21(14-16-29)17-20-5-2-1-3-6-20/h1-12,18,21H,13-17,19H2,(H,28,30). The quantitative estimate of drug-likeness (QED) is 0.475. The van der Waals surface area contributed by atoms with E-state index in [0.29, 0.717) is 5.56 Å². The minimum absolute atomic E-state index is 0.0821. The molecule has 1 aliphatic rings. The number of halogens is 1. The van der Waals surface area contributed by atoms with Crippen molar-refractivity contribution in [3.63, 3.8) is 0 Å². The van der Waals surface area contributed by atoms with Crippen molar-refractivity contribution in [2.24, 2.45) is 5.92 Å². The Kier molecular flexibility index (Phi) is 6.98. The van der Waals surface area contributed by atoms with Crippen molar-refractivity contribution in [1.82, 2.24) is 4.90 Å². The third-order valence-corrected chi connectivity index (χ3v) is 6.27. The molecular weight excluding hydrogens is 436 g/mol. The number of nitrogens with zero attached hydrogens (tertiary/aromatic N) is 1. The van der Waals surface area contributed by atoms with Crippen molar-refractivity contribution < 1.29 is 4.79 Å². The highest BCUT2D eigenvalue weighted by Gasteiger charge is 2.19. The summed E-state index contributed by atoms with van der Waals surface area (Å²) in [6.07, 6.45) is 3.69. The van der Waals surface area contributed by atoms with Crippen LogP contribution in [0.4, 0.5) is 5.69 Å². The van der Waals surface area contributed by atoms with Gasteiger partial charge in [-0.25, -0.2) is 0 Å². The van der Waals surface area contributed by atoms with E-state index >= 15 is 0 Å². The van der Waals surface area contributed by atoms with Gasteiger partial charge in [-0.2, -0.15) is 0 Å². The zero-order chi connectivity index (χ0) is 20.8. The second-order valence-electron chi connectivity index (χ2n) is 8.07. The molecule has 1 aliphatic heterocycles. The first-order valence-corrected chi connectivity index (χ1v) is 11.4. The van der Waals surface area contributed by atoms with Gasteiger partial charge in [0, 0.05) is 22.3 Å². The zero-order valence-corrected chi connectivity index (χ0v) is 18.6. The number of amides is 1. The van der Waals surface area contributed by atoms with E-state index in [-0.39, 0.29) is 5.91 Å². The van der Waals surface area contributed by atoms with Crippen LogP contribution in [0, 0.1) is 5.92 Å². The van der Waals surface area contributed by atoms with Crippen LogP contribution in [0.3, 0.4) is 0 Å². The fourth-order valence-electron chi connectivity index (χ4n) is 4.09. The maximum atomic E-state index is 12.5. The molecule has 0 saturated carbocycles. The highest BCUT2D eigenvalue weighted by atomic mass is 79.9. The van der Waals surface area contributed by atoms with Gasteiger partial charge in [0.15, 0.2) is 0 Å². The summed E-state index contributed by atoms with van der Waals surface area (Å²) in [6.45, 7) is 3.23. The third-order valence-electron chi connectivity index (χ3n) is 5.78. The number of piperidine rings is 1. The molecule has 1 fully saturated rings. The Morgan fingerprint density at radius 1 is 0.900 bits per heavy atom. The molecule has 0 atom stereocenters. The number of carbonyl (C=O) groups excluding carboxylic acids is 1. The molecule has 154 valence electrons. The second-order valence-corrected chi connectivity index (χ2v) is 8.99. The topological polar surface area (TPSA) is 32.3 Å². The zero-order valence-electron chi connectivity index (χ0n) is 17.1. The van der Waals surface area contributed by atoms with Gasteiger partial charge in [-0.15, -0.1) is 0 Å². The summed E-state index contributed by atoms with van der Waals surface area (Å²) in [5, 5.41) is 2.95. The van der Waals surface area contributed by atoms with Crippen molar-refractivity contribution in [2.75, 3.05) is 18.4 Å². The summed E-state index contributed by atoms with van der Waals surface area (Å²) >= 11 is 3.43. The van der Waals surface area contributed by atoms with E-state index in [2.05, 4.69) is 68.6 Å². The highest BCUT2D eigenvalue weighted by molar-refractivity contribution is 9.10. The van der Waals surface area contributed by atoms with Crippen LogP contribution < -0.4 is 5.32 Å². The lowest BCUT2D eigenvalue weighted by molar-refractivity contribution is 0.102. The first kappa shape index (κ1) is 20.8. The number of hydrogen-bond acceptors (Lipinski definition) is 2. The first-order valence-electron chi connectivity index (χ1n) is 10.6. The van der Waals surface area contributed by atoms with Crippen LogP contribution in [0.25, 0.3) is 0 Å². The molecule has 1 heterocycles. The monoisotopic (exact) mass is 462 g/mol. The van der Waals surface area contributed by atoms with Crippen LogP contribution >= 0.6 is 15.9 Å². The Balaban J connectivity index is 1.26. The van der Waals surface area contributed by atoms with Crippen molar-refractivity contribution in [2.45, 2.75) is 25.8 Å². The molecule has 0 spiro atoms. The number of likely N-dealkylation sites (tertiary alicyclic amines) is 1. The van der Waals surface area contributed by atoms with E-state index in [4.69, 9.17) is 0 Å². The van der Waals surface area contributed by atoms with Crippen molar-refractivity contribution in [3.8, 4) is 0 Å². The molecule has 0 bridgehead atoms. The smallest absolute Gasteiger partial charge is 0.255 e. The Morgan fingerprint density at radius 3 is 2.33 bits per heavy atom. The molecule has 4 heteroatoms. The Bertz CT molecular complexity index is 964. The number of rotatable bonds is 6. The van der Waals surface area contributed by atoms with Gasteiger partial charge in [0.05, 0.1) is 0 Å². The van der Waals surface area contributed by atoms with Crippen LogP contribution in [-0.4, -0.2) is 23.9 Å². The van der Waals surface area contributed by atoms with Crippen LogP contribution in [0.5, 0.6) is 0 Å². The molecule has 0 unspecified atom stereocenters. The van der Waals surface area contributed by atoms with Crippen molar-refractivity contribution >= 4 is 27.5 Å². The number of anilines is 1. The van der Waals surface area contributed by atoms with Crippen LogP contribution in [0.2, 0.25) is 0 Å². The highest BCUT2D eigenvalue weighted by Crippen LogP contribution is 2.23. The van der Waals surface area contributed by atoms with Gasteiger partial charge in [0.1, 0.15) is 0 Å². The fourth-order valence-corrected chi connectivity index (χ4v) is 4.48. The van der Waals surface area contributed by atoms with Gasteiger partial charge in [-0.1, -0.05) is 64.5 Å². The number of hydrogen-bond donors (Lipinski definition) is 1. The molecule has 1 saturated heterocycles. The molecule has 0 aliphatic carbocycles. The number of carbonyl (C=O) groups is 1. The van der Waals surface area contributed by atoms with E-state index in [0.717, 1.165) is 35.7 Å². The van der Waals surface area contributed by atoms with Gasteiger partial charge in [0.25, 0.3) is 5.91 Å². The molecule has 1 N–H and O–H groups in total. The predicted molar refractivity (Wildman–Crippen MR) is 127 cm³/mol. The maximum Gasteiger partial charge on any atom is 0.255 e. The number of nitrogens with one attached hydrogen (secondary N) is 1. The summed E-state index contributed by atoms with van der Waals surface area (Å²) in [4.78, 5) is 15.0. The average molecular weight is 463 g/mol. The lowest BCUT2D eigenvalue weighted by atomic mass is 9.90. The van der Waals surface area contributed by atoms with Crippen molar-refractivity contribution in [1.29, 1.82) is 0 Å². The van der Waals surface area contributed by atoms with E-state index in [1.807, 2.05) is 36.4 Å². The molecule has 1 amide bonds. The van der Waals surface area contributed by atoms with Gasteiger partial charge in [0.2, 0.25) is 0 Å². The molecule has 30 heavy (non-hydrogen) atoms. The molecule has 3 nitrogen and oxygen atoms in total. The minimum atomic E-state index is -0.0821. The third kappa shape index (κ3) is 5.80.